The predicted octanol–water partition coefficient (Wildman–Crippen LogP) is -2.61. The topological polar surface area (TPSA) is 101 Å². The first-order valence-electron chi connectivity index (χ1n) is 3.44. The molecule has 0 saturated heterocycles. The van der Waals surface area contributed by atoms with Crippen LogP contribution in [0.5, 0.6) is 0 Å². The molecule has 0 unspecified atom stereocenters. The molecule has 0 rings (SSSR count). The second kappa shape index (κ2) is 5.39. The zero-order valence-electron chi connectivity index (χ0n) is 6.34. The molecule has 0 bridgehead atoms. The normalized spacial score (nSPS) is 21.5. The van der Waals surface area contributed by atoms with Gasteiger partial charge >= 0.3 is 0 Å². The van der Waals surface area contributed by atoms with E-state index in [2.05, 4.69) is 0 Å². The molecule has 0 aromatic heterocycles. The van der Waals surface area contributed by atoms with Crippen molar-refractivity contribution in [1.82, 2.24) is 0 Å². The van der Waals surface area contributed by atoms with Gasteiger partial charge in [0, 0.05) is 0 Å². The molecule has 12 heavy (non-hydrogen) atoms. The Hall–Kier alpha value is -0.270. The predicted molar refractivity (Wildman–Crippen MR) is 37.1 cm³/mol. The van der Waals surface area contributed by atoms with Crippen LogP contribution in [0.4, 0.5) is 4.39 Å². The van der Waals surface area contributed by atoms with Gasteiger partial charge in [-0.15, -0.1) is 0 Å². The Bertz CT molecular complexity index is 109. The second-order valence-electron chi connectivity index (χ2n) is 2.43. The molecule has 74 valence electrons. The minimum Gasteiger partial charge on any atom is -0.394 e. The third-order valence-corrected chi connectivity index (χ3v) is 1.46. The van der Waals surface area contributed by atoms with Gasteiger partial charge in [0.1, 0.15) is 18.3 Å². The Labute approximate surface area is 68.7 Å². The van der Waals surface area contributed by atoms with Crippen LogP contribution >= 0.6 is 0 Å². The van der Waals surface area contributed by atoms with Crippen molar-refractivity contribution in [1.29, 1.82) is 0 Å². The fourth-order valence-electron chi connectivity index (χ4n) is 0.649. The fraction of sp³-hybridized carbons (Fsp3) is 1.00. The summed E-state index contributed by atoms with van der Waals surface area (Å²) in [4.78, 5) is 0. The molecule has 0 amide bonds. The van der Waals surface area contributed by atoms with Crippen LogP contribution in [0.25, 0.3) is 0 Å². The summed E-state index contributed by atoms with van der Waals surface area (Å²) < 4.78 is 12.7. The Kier molecular flexibility index (Phi) is 5.27. The summed E-state index contributed by atoms with van der Waals surface area (Å²) in [5.74, 6) is 0. The molecule has 0 aliphatic heterocycles. The van der Waals surface area contributed by atoms with Crippen molar-refractivity contribution in [2.24, 2.45) is 0 Å². The van der Waals surface area contributed by atoms with Crippen molar-refractivity contribution in [3.05, 3.63) is 0 Å². The smallest absolute Gasteiger partial charge is 0.156 e. The number of aliphatic hydroxyl groups is 5. The van der Waals surface area contributed by atoms with E-state index >= 15 is 0 Å². The van der Waals surface area contributed by atoms with Gasteiger partial charge in [-0.1, -0.05) is 0 Å². The highest BCUT2D eigenvalue weighted by Crippen LogP contribution is 2.08. The van der Waals surface area contributed by atoms with E-state index in [1.807, 2.05) is 0 Å². The van der Waals surface area contributed by atoms with E-state index in [9.17, 15) is 4.39 Å². The highest BCUT2D eigenvalue weighted by Gasteiger charge is 2.31. The Morgan fingerprint density at radius 2 is 1.33 bits per heavy atom. The maximum Gasteiger partial charge on any atom is 0.156 e. The lowest BCUT2D eigenvalue weighted by Gasteiger charge is -2.22. The summed E-state index contributed by atoms with van der Waals surface area (Å²) in [6, 6.07) is 0. The molecule has 5 N–H and O–H groups in total. The molecule has 6 heteroatoms. The van der Waals surface area contributed by atoms with E-state index in [0.29, 0.717) is 0 Å². The van der Waals surface area contributed by atoms with Crippen molar-refractivity contribution in [2.75, 3.05) is 13.2 Å². The number of halogens is 1. The summed E-state index contributed by atoms with van der Waals surface area (Å²) in [7, 11) is 0. The lowest BCUT2D eigenvalue weighted by atomic mass is 10.1. The zero-order chi connectivity index (χ0) is 9.72. The average molecular weight is 184 g/mol. The maximum absolute atomic E-state index is 12.7. The van der Waals surface area contributed by atoms with E-state index < -0.39 is 37.7 Å². The SMILES string of the molecule is OC[C@H](O)[C@@H](O)[C@H](F)[C@@H](O)CO. The number of rotatable bonds is 5. The van der Waals surface area contributed by atoms with Gasteiger partial charge in [0.25, 0.3) is 0 Å². The summed E-state index contributed by atoms with van der Waals surface area (Å²) in [5.41, 5.74) is 0. The minimum atomic E-state index is -2.17. The summed E-state index contributed by atoms with van der Waals surface area (Å²) >= 11 is 0. The molecule has 0 spiro atoms. The van der Waals surface area contributed by atoms with Crippen LogP contribution in [0.1, 0.15) is 0 Å². The third kappa shape index (κ3) is 3.00. The first-order valence-corrected chi connectivity index (χ1v) is 3.44. The Balaban J connectivity index is 3.99. The molecule has 0 heterocycles. The fourth-order valence-corrected chi connectivity index (χ4v) is 0.649. The summed E-state index contributed by atoms with van der Waals surface area (Å²) in [5, 5.41) is 42.8. The van der Waals surface area contributed by atoms with E-state index in [-0.39, 0.29) is 0 Å². The van der Waals surface area contributed by atoms with Gasteiger partial charge in [0.15, 0.2) is 6.17 Å². The number of alkyl halides is 1. The van der Waals surface area contributed by atoms with Crippen molar-refractivity contribution >= 4 is 0 Å². The molecule has 0 fully saturated rings. The first kappa shape index (κ1) is 11.7. The summed E-state index contributed by atoms with van der Waals surface area (Å²) in [6.45, 7) is -1.66. The van der Waals surface area contributed by atoms with Crippen LogP contribution in [0.15, 0.2) is 0 Å². The highest BCUT2D eigenvalue weighted by molar-refractivity contribution is 4.80. The summed E-state index contributed by atoms with van der Waals surface area (Å²) in [6.07, 6.45) is -7.46. The standard InChI is InChI=1S/C6H13FO5/c7-5(3(10)1-8)6(12)4(11)2-9/h3-6,8-12H,1-2H2/t3-,4-,5+,6+/m0/s1. The minimum absolute atomic E-state index is 0.806. The molecular weight excluding hydrogens is 171 g/mol. The molecule has 0 aromatic carbocycles. The number of hydrogen-bond donors (Lipinski definition) is 5. The van der Waals surface area contributed by atoms with E-state index in [1.54, 1.807) is 0 Å². The van der Waals surface area contributed by atoms with Gasteiger partial charge < -0.3 is 25.5 Å². The van der Waals surface area contributed by atoms with Crippen molar-refractivity contribution < 1.29 is 29.9 Å². The molecule has 0 aliphatic carbocycles. The highest BCUT2D eigenvalue weighted by atomic mass is 19.1. The Morgan fingerprint density at radius 3 is 1.67 bits per heavy atom. The lowest BCUT2D eigenvalue weighted by molar-refractivity contribution is -0.0935. The number of hydrogen-bond acceptors (Lipinski definition) is 5. The van der Waals surface area contributed by atoms with Gasteiger partial charge in [-0.3, -0.25) is 0 Å². The van der Waals surface area contributed by atoms with E-state index in [0.717, 1.165) is 0 Å². The van der Waals surface area contributed by atoms with Gasteiger partial charge in [-0.25, -0.2) is 4.39 Å². The van der Waals surface area contributed by atoms with Crippen LogP contribution in [0.2, 0.25) is 0 Å². The number of aliphatic hydroxyl groups excluding tert-OH is 5. The largest absolute Gasteiger partial charge is 0.394 e. The van der Waals surface area contributed by atoms with Crippen LogP contribution < -0.4 is 0 Å². The van der Waals surface area contributed by atoms with Crippen molar-refractivity contribution in [2.45, 2.75) is 24.5 Å². The van der Waals surface area contributed by atoms with Crippen molar-refractivity contribution in [3.8, 4) is 0 Å². The van der Waals surface area contributed by atoms with Crippen molar-refractivity contribution in [3.63, 3.8) is 0 Å². The zero-order valence-corrected chi connectivity index (χ0v) is 6.34. The third-order valence-electron chi connectivity index (χ3n) is 1.46. The van der Waals surface area contributed by atoms with E-state index in [4.69, 9.17) is 25.5 Å². The molecule has 0 aliphatic rings. The van der Waals surface area contributed by atoms with Crippen LogP contribution in [-0.4, -0.2) is 63.2 Å². The molecule has 0 saturated carbocycles. The monoisotopic (exact) mass is 184 g/mol. The van der Waals surface area contributed by atoms with Gasteiger partial charge in [-0.2, -0.15) is 0 Å². The van der Waals surface area contributed by atoms with Crippen LogP contribution in [0.3, 0.4) is 0 Å². The first-order chi connectivity index (χ1) is 5.54. The van der Waals surface area contributed by atoms with Crippen LogP contribution in [0, 0.1) is 0 Å². The van der Waals surface area contributed by atoms with Crippen LogP contribution in [-0.2, 0) is 0 Å². The molecule has 4 atom stereocenters. The van der Waals surface area contributed by atoms with Gasteiger partial charge in [-0.05, 0) is 0 Å². The molecule has 0 aromatic rings. The molecular formula is C6H13FO5. The molecule has 5 nitrogen and oxygen atoms in total. The average Bonchev–Trinajstić information content (AvgIpc) is 2.12. The maximum atomic E-state index is 12.7. The quantitative estimate of drug-likeness (QED) is 0.322. The van der Waals surface area contributed by atoms with Gasteiger partial charge in [0.05, 0.1) is 13.2 Å². The second-order valence-corrected chi connectivity index (χ2v) is 2.43. The van der Waals surface area contributed by atoms with Gasteiger partial charge in [0.2, 0.25) is 0 Å². The lowest BCUT2D eigenvalue weighted by Crippen LogP contribution is -2.44. The van der Waals surface area contributed by atoms with E-state index in [1.165, 1.54) is 0 Å². The Morgan fingerprint density at radius 1 is 0.917 bits per heavy atom. The molecule has 0 radical (unpaired) electrons.